The Labute approximate surface area is 129 Å². The quantitative estimate of drug-likeness (QED) is 0.849. The summed E-state index contributed by atoms with van der Waals surface area (Å²) in [6, 6.07) is -0.138. The Hall–Kier alpha value is -1.07. The third-order valence-electron chi connectivity index (χ3n) is 4.32. The minimum Gasteiger partial charge on any atom is -0.309 e. The molecule has 1 aliphatic carbocycles. The van der Waals surface area contributed by atoms with Gasteiger partial charge >= 0.3 is 5.69 Å². The standard InChI is InChI=1S/C15H24ClN3O2/c1-10(8-9-18(2)3)19-14(20)12(11-6-4-5-7-11)13(16)17-15(19)21/h10-11H,4-9H2,1-3H3,(H,17,21). The first-order valence-corrected chi connectivity index (χ1v) is 7.98. The van der Waals surface area contributed by atoms with E-state index in [1.807, 2.05) is 25.9 Å². The molecule has 118 valence electrons. The Morgan fingerprint density at radius 1 is 1.33 bits per heavy atom. The molecule has 1 aromatic heterocycles. The van der Waals surface area contributed by atoms with Crippen molar-refractivity contribution in [2.75, 3.05) is 20.6 Å². The number of aromatic amines is 1. The van der Waals surface area contributed by atoms with Gasteiger partial charge in [-0.15, -0.1) is 0 Å². The van der Waals surface area contributed by atoms with Crippen LogP contribution in [0.25, 0.3) is 0 Å². The van der Waals surface area contributed by atoms with E-state index in [2.05, 4.69) is 4.98 Å². The van der Waals surface area contributed by atoms with Crippen LogP contribution in [0.3, 0.4) is 0 Å². The lowest BCUT2D eigenvalue weighted by atomic mass is 10.0. The highest BCUT2D eigenvalue weighted by atomic mass is 35.5. The van der Waals surface area contributed by atoms with Crippen molar-refractivity contribution < 1.29 is 0 Å². The van der Waals surface area contributed by atoms with Crippen LogP contribution < -0.4 is 11.2 Å². The summed E-state index contributed by atoms with van der Waals surface area (Å²) in [5, 5.41) is 0.230. The summed E-state index contributed by atoms with van der Waals surface area (Å²) in [5.74, 6) is 0.189. The zero-order valence-electron chi connectivity index (χ0n) is 13.0. The van der Waals surface area contributed by atoms with Gasteiger partial charge in [-0.2, -0.15) is 0 Å². The van der Waals surface area contributed by atoms with Gasteiger partial charge in [0.25, 0.3) is 5.56 Å². The molecule has 5 nitrogen and oxygen atoms in total. The minimum absolute atomic E-state index is 0.138. The molecule has 0 amide bonds. The topological polar surface area (TPSA) is 58.1 Å². The molecule has 1 aromatic rings. The SMILES string of the molecule is CC(CCN(C)C)n1c(=O)[nH]c(Cl)c(C2CCCC2)c1=O. The maximum absolute atomic E-state index is 12.7. The molecule has 1 saturated carbocycles. The zero-order valence-corrected chi connectivity index (χ0v) is 13.7. The Balaban J connectivity index is 2.39. The predicted octanol–water partition coefficient (Wildman–Crippen LogP) is 2.36. The highest BCUT2D eigenvalue weighted by Crippen LogP contribution is 2.34. The number of hydrogen-bond acceptors (Lipinski definition) is 3. The van der Waals surface area contributed by atoms with Crippen LogP contribution in [0.2, 0.25) is 5.15 Å². The van der Waals surface area contributed by atoms with E-state index in [1.54, 1.807) is 0 Å². The van der Waals surface area contributed by atoms with Crippen LogP contribution in [0.5, 0.6) is 0 Å². The van der Waals surface area contributed by atoms with E-state index in [-0.39, 0.29) is 22.7 Å². The lowest BCUT2D eigenvalue weighted by molar-refractivity contribution is 0.349. The maximum atomic E-state index is 12.7. The van der Waals surface area contributed by atoms with Gasteiger partial charge in [0.2, 0.25) is 0 Å². The second-order valence-corrected chi connectivity index (χ2v) is 6.63. The predicted molar refractivity (Wildman–Crippen MR) is 85.4 cm³/mol. The van der Waals surface area contributed by atoms with Crippen LogP contribution in [0.1, 0.15) is 56.6 Å². The molecule has 0 aromatic carbocycles. The van der Waals surface area contributed by atoms with Crippen molar-refractivity contribution in [3.63, 3.8) is 0 Å². The molecule has 1 fully saturated rings. The van der Waals surface area contributed by atoms with E-state index in [4.69, 9.17) is 11.6 Å². The van der Waals surface area contributed by atoms with Gasteiger partial charge < -0.3 is 4.90 Å². The monoisotopic (exact) mass is 313 g/mol. The van der Waals surface area contributed by atoms with Crippen molar-refractivity contribution in [3.05, 3.63) is 31.6 Å². The highest BCUT2D eigenvalue weighted by Gasteiger charge is 2.26. The molecule has 1 unspecified atom stereocenters. The third-order valence-corrected chi connectivity index (χ3v) is 4.62. The molecule has 1 atom stereocenters. The number of H-pyrrole nitrogens is 1. The van der Waals surface area contributed by atoms with E-state index in [0.29, 0.717) is 5.56 Å². The summed E-state index contributed by atoms with van der Waals surface area (Å²) in [7, 11) is 3.96. The molecule has 1 heterocycles. The molecule has 0 aliphatic heterocycles. The number of halogens is 1. The van der Waals surface area contributed by atoms with Crippen molar-refractivity contribution in [2.45, 2.75) is 51.0 Å². The molecule has 0 bridgehead atoms. The van der Waals surface area contributed by atoms with Gasteiger partial charge in [0.05, 0.1) is 5.56 Å². The fourth-order valence-electron chi connectivity index (χ4n) is 3.08. The van der Waals surface area contributed by atoms with Crippen LogP contribution in [0.15, 0.2) is 9.59 Å². The van der Waals surface area contributed by atoms with Gasteiger partial charge in [-0.3, -0.25) is 14.3 Å². The van der Waals surface area contributed by atoms with E-state index in [9.17, 15) is 9.59 Å². The average molecular weight is 314 g/mol. The number of nitrogens with one attached hydrogen (secondary N) is 1. The van der Waals surface area contributed by atoms with Crippen LogP contribution in [-0.2, 0) is 0 Å². The second kappa shape index (κ2) is 6.79. The smallest absolute Gasteiger partial charge is 0.309 e. The summed E-state index contributed by atoms with van der Waals surface area (Å²) in [5.41, 5.74) is -0.00891. The van der Waals surface area contributed by atoms with E-state index >= 15 is 0 Å². The average Bonchev–Trinajstić information content (AvgIpc) is 2.89. The lowest BCUT2D eigenvalue weighted by Gasteiger charge is -2.19. The van der Waals surface area contributed by atoms with Gasteiger partial charge in [0.15, 0.2) is 0 Å². The largest absolute Gasteiger partial charge is 0.329 e. The number of nitrogens with zero attached hydrogens (tertiary/aromatic N) is 2. The van der Waals surface area contributed by atoms with Crippen LogP contribution in [-0.4, -0.2) is 35.1 Å². The highest BCUT2D eigenvalue weighted by molar-refractivity contribution is 6.30. The van der Waals surface area contributed by atoms with E-state index < -0.39 is 5.69 Å². The van der Waals surface area contributed by atoms with E-state index in [0.717, 1.165) is 38.6 Å². The van der Waals surface area contributed by atoms with Crippen molar-refractivity contribution >= 4 is 11.6 Å². The summed E-state index contributed by atoms with van der Waals surface area (Å²) < 4.78 is 1.34. The van der Waals surface area contributed by atoms with Crippen LogP contribution >= 0.6 is 11.6 Å². The molecule has 6 heteroatoms. The normalized spacial score (nSPS) is 17.6. The van der Waals surface area contributed by atoms with Gasteiger partial charge in [0.1, 0.15) is 5.15 Å². The summed E-state index contributed by atoms with van der Waals surface area (Å²) in [6.07, 6.45) is 4.95. The second-order valence-electron chi connectivity index (χ2n) is 6.26. The first-order valence-electron chi connectivity index (χ1n) is 7.60. The molecule has 0 spiro atoms. The molecule has 1 N–H and O–H groups in total. The fraction of sp³-hybridized carbons (Fsp3) is 0.733. The summed E-state index contributed by atoms with van der Waals surface area (Å²) >= 11 is 6.14. The molecule has 2 rings (SSSR count). The van der Waals surface area contributed by atoms with Gasteiger partial charge in [-0.1, -0.05) is 24.4 Å². The lowest BCUT2D eigenvalue weighted by Crippen LogP contribution is -2.40. The number of rotatable bonds is 5. The third kappa shape index (κ3) is 3.58. The van der Waals surface area contributed by atoms with Crippen molar-refractivity contribution in [3.8, 4) is 0 Å². The van der Waals surface area contributed by atoms with Gasteiger partial charge in [-0.05, 0) is 52.7 Å². The Kier molecular flexibility index (Phi) is 5.27. The molecular weight excluding hydrogens is 290 g/mol. The van der Waals surface area contributed by atoms with Crippen molar-refractivity contribution in [1.82, 2.24) is 14.5 Å². The summed E-state index contributed by atoms with van der Waals surface area (Å²) in [6.45, 7) is 2.74. The number of hydrogen-bond donors (Lipinski definition) is 1. The first-order chi connectivity index (χ1) is 9.91. The minimum atomic E-state index is -0.405. The van der Waals surface area contributed by atoms with Gasteiger partial charge in [-0.25, -0.2) is 4.79 Å². The van der Waals surface area contributed by atoms with Crippen LogP contribution in [0, 0.1) is 0 Å². The molecule has 1 aliphatic rings. The van der Waals surface area contributed by atoms with Crippen molar-refractivity contribution in [2.24, 2.45) is 0 Å². The molecule has 0 saturated heterocycles. The Morgan fingerprint density at radius 3 is 2.52 bits per heavy atom. The Bertz CT molecular complexity index is 600. The zero-order chi connectivity index (χ0) is 15.6. The molecule has 21 heavy (non-hydrogen) atoms. The molecular formula is C15H24ClN3O2. The fourth-order valence-corrected chi connectivity index (χ4v) is 3.40. The van der Waals surface area contributed by atoms with Gasteiger partial charge in [0, 0.05) is 6.04 Å². The Morgan fingerprint density at radius 2 is 1.95 bits per heavy atom. The van der Waals surface area contributed by atoms with E-state index in [1.165, 1.54) is 4.57 Å². The number of aromatic nitrogens is 2. The van der Waals surface area contributed by atoms with Crippen molar-refractivity contribution in [1.29, 1.82) is 0 Å². The molecule has 0 radical (unpaired) electrons. The van der Waals surface area contributed by atoms with Crippen LogP contribution in [0.4, 0.5) is 0 Å². The summed E-state index contributed by atoms with van der Waals surface area (Å²) in [4.78, 5) is 29.6. The first kappa shape index (κ1) is 16.3. The maximum Gasteiger partial charge on any atom is 0.329 e.